The number of thioether (sulfide) groups is 1. The van der Waals surface area contributed by atoms with Gasteiger partial charge in [-0.15, -0.1) is 11.8 Å². The molecule has 0 unspecified atom stereocenters. The van der Waals surface area contributed by atoms with Crippen LogP contribution in [0.1, 0.15) is 30.6 Å². The molecular formula is C21H20N2O5S. The summed E-state index contributed by atoms with van der Waals surface area (Å²) in [6, 6.07) is 13.7. The van der Waals surface area contributed by atoms with Gasteiger partial charge in [0.25, 0.3) is 5.91 Å². The molecule has 0 radical (unpaired) electrons. The molecule has 8 heteroatoms. The lowest BCUT2D eigenvalue weighted by Crippen LogP contribution is -2.34. The molecule has 2 aromatic rings. The molecule has 150 valence electrons. The average Bonchev–Trinajstić information content (AvgIpc) is 2.68. The normalized spacial score (nSPS) is 16.2. The Labute approximate surface area is 172 Å². The number of hydrogen-bond acceptors (Lipinski definition) is 6. The third-order valence-corrected chi connectivity index (χ3v) is 5.57. The molecule has 0 saturated carbocycles. The zero-order valence-corrected chi connectivity index (χ0v) is 16.7. The lowest BCUT2D eigenvalue weighted by molar-refractivity contribution is -0.153. The Morgan fingerprint density at radius 3 is 2.52 bits per heavy atom. The number of rotatable bonds is 6. The van der Waals surface area contributed by atoms with Gasteiger partial charge in [0.05, 0.1) is 17.4 Å². The van der Waals surface area contributed by atoms with Gasteiger partial charge in [0.1, 0.15) is 0 Å². The predicted octanol–water partition coefficient (Wildman–Crippen LogP) is 3.26. The fraction of sp³-hybridized carbons (Fsp3) is 0.238. The summed E-state index contributed by atoms with van der Waals surface area (Å²) in [6.45, 7) is 2.92. The summed E-state index contributed by atoms with van der Waals surface area (Å²) in [5.74, 6) is -1.47. The van der Waals surface area contributed by atoms with Crippen molar-refractivity contribution in [3.05, 3.63) is 54.1 Å². The van der Waals surface area contributed by atoms with E-state index in [4.69, 9.17) is 4.74 Å². The Morgan fingerprint density at radius 2 is 1.83 bits per heavy atom. The van der Waals surface area contributed by atoms with E-state index in [9.17, 15) is 19.2 Å². The number of amides is 2. The number of anilines is 2. The molecule has 2 N–H and O–H groups in total. The van der Waals surface area contributed by atoms with E-state index in [1.54, 1.807) is 30.3 Å². The summed E-state index contributed by atoms with van der Waals surface area (Å²) in [4.78, 5) is 48.8. The summed E-state index contributed by atoms with van der Waals surface area (Å²) in [6.07, 6.45) is -1.17. The minimum atomic E-state index is -1.03. The molecule has 7 nitrogen and oxygen atoms in total. The molecule has 1 heterocycles. The van der Waals surface area contributed by atoms with Crippen LogP contribution in [0.3, 0.4) is 0 Å². The number of nitrogens with one attached hydrogen (secondary N) is 2. The van der Waals surface area contributed by atoms with Crippen LogP contribution in [0.25, 0.3) is 0 Å². The molecule has 0 fully saturated rings. The first-order valence-corrected chi connectivity index (χ1v) is 9.89. The molecule has 0 spiro atoms. The molecule has 2 aromatic carbocycles. The number of carbonyl (C=O) groups is 4. The first kappa shape index (κ1) is 20.6. The van der Waals surface area contributed by atoms with Crippen LogP contribution in [0.4, 0.5) is 11.4 Å². The van der Waals surface area contributed by atoms with Crippen molar-refractivity contribution in [2.24, 2.45) is 0 Å². The highest BCUT2D eigenvalue weighted by atomic mass is 32.2. The van der Waals surface area contributed by atoms with E-state index >= 15 is 0 Å². The number of ether oxygens (including phenoxy) is 1. The second-order valence-corrected chi connectivity index (χ2v) is 7.80. The van der Waals surface area contributed by atoms with Crippen LogP contribution < -0.4 is 10.6 Å². The molecule has 1 aliphatic rings. The van der Waals surface area contributed by atoms with Crippen LogP contribution in [0.15, 0.2) is 53.4 Å². The van der Waals surface area contributed by atoms with E-state index in [2.05, 4.69) is 10.6 Å². The van der Waals surface area contributed by atoms with Crippen LogP contribution in [-0.4, -0.2) is 34.9 Å². The topological polar surface area (TPSA) is 102 Å². The predicted molar refractivity (Wildman–Crippen MR) is 110 cm³/mol. The van der Waals surface area contributed by atoms with Gasteiger partial charge >= 0.3 is 5.97 Å². The van der Waals surface area contributed by atoms with Crippen molar-refractivity contribution < 1.29 is 23.9 Å². The van der Waals surface area contributed by atoms with Gasteiger partial charge in [-0.3, -0.25) is 19.2 Å². The van der Waals surface area contributed by atoms with Gasteiger partial charge in [-0.2, -0.15) is 0 Å². The van der Waals surface area contributed by atoms with Gasteiger partial charge in [-0.05, 0) is 50.2 Å². The number of carbonyl (C=O) groups excluding carboxylic acids is 4. The van der Waals surface area contributed by atoms with Crippen LogP contribution in [-0.2, 0) is 19.1 Å². The highest BCUT2D eigenvalue weighted by Gasteiger charge is 2.30. The Balaban J connectivity index is 1.52. The highest BCUT2D eigenvalue weighted by Crippen LogP contribution is 2.36. The van der Waals surface area contributed by atoms with Crippen molar-refractivity contribution in [1.29, 1.82) is 0 Å². The van der Waals surface area contributed by atoms with Crippen LogP contribution in [0.2, 0.25) is 0 Å². The molecule has 2 amide bonds. The zero-order chi connectivity index (χ0) is 21.0. The fourth-order valence-corrected chi connectivity index (χ4v) is 3.80. The summed E-state index contributed by atoms with van der Waals surface area (Å²) in [5, 5.41) is 4.77. The number of Topliss-reactive ketones (excluding diaryl/α,β-unsaturated/α-hetero) is 1. The van der Waals surface area contributed by atoms with Crippen LogP contribution in [0.5, 0.6) is 0 Å². The van der Waals surface area contributed by atoms with Crippen LogP contribution in [0, 0.1) is 0 Å². The first-order valence-electron chi connectivity index (χ1n) is 9.01. The van der Waals surface area contributed by atoms with Gasteiger partial charge in [0.2, 0.25) is 5.91 Å². The highest BCUT2D eigenvalue weighted by molar-refractivity contribution is 8.01. The summed E-state index contributed by atoms with van der Waals surface area (Å²) in [5.41, 5.74) is 1.74. The number of ketones is 1. The smallest absolute Gasteiger partial charge is 0.308 e. The lowest BCUT2D eigenvalue weighted by Gasteiger charge is -2.23. The van der Waals surface area contributed by atoms with Gasteiger partial charge in [-0.1, -0.05) is 12.1 Å². The largest absolute Gasteiger partial charge is 0.452 e. The molecule has 0 bridgehead atoms. The third-order valence-electron chi connectivity index (χ3n) is 4.30. The average molecular weight is 412 g/mol. The molecule has 0 aromatic heterocycles. The van der Waals surface area contributed by atoms with Crippen molar-refractivity contribution >= 4 is 46.7 Å². The van der Waals surface area contributed by atoms with Crippen molar-refractivity contribution in [2.45, 2.75) is 36.5 Å². The minimum Gasteiger partial charge on any atom is -0.452 e. The minimum absolute atomic E-state index is 0.0718. The van der Waals surface area contributed by atoms with Crippen molar-refractivity contribution in [3.63, 3.8) is 0 Å². The monoisotopic (exact) mass is 412 g/mol. The summed E-state index contributed by atoms with van der Waals surface area (Å²) < 4.78 is 5.19. The van der Waals surface area contributed by atoms with Crippen molar-refractivity contribution in [2.75, 3.05) is 10.6 Å². The SMILES string of the molecule is CC(=O)c1ccc(NC(=O)[C@@H](C)OC(=O)C[C@H]2Sc3ccccc3NC2=O)cc1. The Hall–Kier alpha value is -3.13. The van der Waals surface area contributed by atoms with E-state index in [-0.39, 0.29) is 18.1 Å². The Kier molecular flexibility index (Phi) is 6.33. The van der Waals surface area contributed by atoms with E-state index < -0.39 is 23.2 Å². The number of benzene rings is 2. The van der Waals surface area contributed by atoms with Gasteiger partial charge < -0.3 is 15.4 Å². The maximum absolute atomic E-state index is 12.2. The fourth-order valence-electron chi connectivity index (χ4n) is 2.71. The number of para-hydroxylation sites is 1. The maximum Gasteiger partial charge on any atom is 0.308 e. The maximum atomic E-state index is 12.2. The number of esters is 1. The second kappa shape index (κ2) is 8.91. The Bertz CT molecular complexity index is 958. The standard InChI is InChI=1S/C21H20N2O5S/c1-12(24)14-7-9-15(10-8-14)22-20(26)13(2)28-19(25)11-18-21(27)23-16-5-3-4-6-17(16)29-18/h3-10,13,18H,11H2,1-2H3,(H,22,26)(H,23,27)/t13-,18-/m1/s1. The van der Waals surface area contributed by atoms with Crippen LogP contribution >= 0.6 is 11.8 Å². The second-order valence-electron chi connectivity index (χ2n) is 6.55. The molecule has 3 rings (SSSR count). The van der Waals surface area contributed by atoms with E-state index in [0.717, 1.165) is 10.6 Å². The van der Waals surface area contributed by atoms with E-state index in [1.807, 2.05) is 18.2 Å². The third kappa shape index (κ3) is 5.23. The summed E-state index contributed by atoms with van der Waals surface area (Å²) >= 11 is 1.29. The zero-order valence-electron chi connectivity index (χ0n) is 15.9. The van der Waals surface area contributed by atoms with Gasteiger partial charge in [0.15, 0.2) is 11.9 Å². The van der Waals surface area contributed by atoms with E-state index in [1.165, 1.54) is 25.6 Å². The van der Waals surface area contributed by atoms with E-state index in [0.29, 0.717) is 11.3 Å². The summed E-state index contributed by atoms with van der Waals surface area (Å²) in [7, 11) is 0. The molecular weight excluding hydrogens is 392 g/mol. The van der Waals surface area contributed by atoms with Gasteiger partial charge in [-0.25, -0.2) is 0 Å². The Morgan fingerprint density at radius 1 is 1.14 bits per heavy atom. The molecule has 2 atom stereocenters. The first-order chi connectivity index (χ1) is 13.8. The molecule has 1 aliphatic heterocycles. The van der Waals surface area contributed by atoms with Crippen molar-refractivity contribution in [1.82, 2.24) is 0 Å². The molecule has 0 saturated heterocycles. The van der Waals surface area contributed by atoms with Gasteiger partial charge in [0, 0.05) is 16.1 Å². The molecule has 29 heavy (non-hydrogen) atoms. The quantitative estimate of drug-likeness (QED) is 0.558. The number of hydrogen-bond donors (Lipinski definition) is 2. The molecule has 0 aliphatic carbocycles. The van der Waals surface area contributed by atoms with Crippen molar-refractivity contribution in [3.8, 4) is 0 Å². The lowest BCUT2D eigenvalue weighted by atomic mass is 10.1. The number of fused-ring (bicyclic) bond motifs is 1.